The van der Waals surface area contributed by atoms with E-state index in [4.69, 9.17) is 8.83 Å². The second-order valence-electron chi connectivity index (χ2n) is 8.38. The van der Waals surface area contributed by atoms with Crippen LogP contribution in [0.25, 0.3) is 0 Å². The molecule has 0 bridgehead atoms. The highest BCUT2D eigenvalue weighted by atomic mass is 16.4. The van der Waals surface area contributed by atoms with Gasteiger partial charge in [-0.1, -0.05) is 20.8 Å². The Morgan fingerprint density at radius 3 is 2.54 bits per heavy atom. The van der Waals surface area contributed by atoms with Gasteiger partial charge < -0.3 is 19.5 Å². The lowest BCUT2D eigenvalue weighted by Gasteiger charge is -2.26. The quantitative estimate of drug-likeness (QED) is 0.584. The molecule has 0 spiro atoms. The Balaban J connectivity index is 1.57. The van der Waals surface area contributed by atoms with Crippen LogP contribution in [0, 0.1) is 6.92 Å². The Hall–Kier alpha value is -2.28. The molecule has 3 rings (SSSR count). The van der Waals surface area contributed by atoms with Gasteiger partial charge in [-0.15, -0.1) is 0 Å². The number of likely N-dealkylation sites (tertiary alicyclic amines) is 1. The first-order valence-electron chi connectivity index (χ1n) is 10.1. The maximum atomic E-state index is 5.92. The van der Waals surface area contributed by atoms with E-state index in [1.807, 2.05) is 13.0 Å². The minimum absolute atomic E-state index is 0.0463. The summed E-state index contributed by atoms with van der Waals surface area (Å²) in [6, 6.07) is 4.31. The van der Waals surface area contributed by atoms with Crippen molar-refractivity contribution in [3.05, 3.63) is 41.5 Å². The van der Waals surface area contributed by atoms with Crippen LogP contribution in [0.1, 0.15) is 62.8 Å². The molecule has 7 heteroatoms. The fourth-order valence-corrected chi connectivity index (χ4v) is 3.41. The van der Waals surface area contributed by atoms with Crippen LogP contribution in [0.15, 0.2) is 32.2 Å². The van der Waals surface area contributed by atoms with E-state index in [9.17, 15) is 0 Å². The summed E-state index contributed by atoms with van der Waals surface area (Å²) in [5, 5.41) is 6.72. The third-order valence-corrected chi connectivity index (χ3v) is 5.06. The summed E-state index contributed by atoms with van der Waals surface area (Å²) in [4.78, 5) is 11.2. The summed E-state index contributed by atoms with van der Waals surface area (Å²) >= 11 is 0. The molecule has 28 heavy (non-hydrogen) atoms. The fourth-order valence-electron chi connectivity index (χ4n) is 3.41. The highest BCUT2D eigenvalue weighted by Gasteiger charge is 2.26. The summed E-state index contributed by atoms with van der Waals surface area (Å²) in [5.74, 6) is 4.22. The zero-order valence-electron chi connectivity index (χ0n) is 17.7. The monoisotopic (exact) mass is 387 g/mol. The standard InChI is InChI=1S/C21H33N5O2/c1-15-8-9-17(27-15)16(26-10-6-7-11-26)12-24-20(22-5)25-14-19-23-13-18(28-19)21(2,3)4/h8-9,13,16H,6-7,10-12,14H2,1-5H3,(H2,22,24,25). The van der Waals surface area contributed by atoms with E-state index >= 15 is 0 Å². The Kier molecular flexibility index (Phi) is 6.44. The second kappa shape index (κ2) is 8.82. The van der Waals surface area contributed by atoms with Crippen molar-refractivity contribution < 1.29 is 8.83 Å². The molecule has 1 fully saturated rings. The predicted molar refractivity (Wildman–Crippen MR) is 110 cm³/mol. The number of aryl methyl sites for hydroxylation is 1. The van der Waals surface area contributed by atoms with Crippen molar-refractivity contribution in [2.24, 2.45) is 4.99 Å². The van der Waals surface area contributed by atoms with Gasteiger partial charge in [0.25, 0.3) is 0 Å². The Labute approximate surface area is 167 Å². The van der Waals surface area contributed by atoms with Crippen molar-refractivity contribution in [3.8, 4) is 0 Å². The predicted octanol–water partition coefficient (Wildman–Crippen LogP) is 3.38. The van der Waals surface area contributed by atoms with Crippen LogP contribution >= 0.6 is 0 Å². The molecule has 0 amide bonds. The number of hydrogen-bond acceptors (Lipinski definition) is 5. The van der Waals surface area contributed by atoms with Crippen molar-refractivity contribution in [1.82, 2.24) is 20.5 Å². The van der Waals surface area contributed by atoms with Gasteiger partial charge in [-0.3, -0.25) is 9.89 Å². The molecule has 2 aromatic rings. The molecular formula is C21H33N5O2. The van der Waals surface area contributed by atoms with Gasteiger partial charge >= 0.3 is 0 Å². The molecule has 1 saturated heterocycles. The van der Waals surface area contributed by atoms with Gasteiger partial charge in [-0.05, 0) is 45.0 Å². The van der Waals surface area contributed by atoms with Gasteiger partial charge in [-0.25, -0.2) is 4.98 Å². The van der Waals surface area contributed by atoms with Crippen LogP contribution in [0.5, 0.6) is 0 Å². The van der Waals surface area contributed by atoms with Crippen LogP contribution in [0.2, 0.25) is 0 Å². The summed E-state index contributed by atoms with van der Waals surface area (Å²) in [6.07, 6.45) is 4.28. The van der Waals surface area contributed by atoms with Gasteiger partial charge in [0.05, 0.1) is 18.8 Å². The average Bonchev–Trinajstić information content (AvgIpc) is 3.39. The Bertz CT molecular complexity index is 781. The number of hydrogen-bond donors (Lipinski definition) is 2. The normalized spacial score (nSPS) is 17.1. The fraction of sp³-hybridized carbons (Fsp3) is 0.619. The molecule has 7 nitrogen and oxygen atoms in total. The molecule has 1 aliphatic heterocycles. The van der Waals surface area contributed by atoms with Crippen LogP contribution in [0.3, 0.4) is 0 Å². The van der Waals surface area contributed by atoms with E-state index in [-0.39, 0.29) is 11.5 Å². The van der Waals surface area contributed by atoms with Crippen molar-refractivity contribution in [3.63, 3.8) is 0 Å². The van der Waals surface area contributed by atoms with E-state index < -0.39 is 0 Å². The van der Waals surface area contributed by atoms with Gasteiger partial charge in [0, 0.05) is 19.0 Å². The van der Waals surface area contributed by atoms with Crippen molar-refractivity contribution in [2.45, 2.75) is 58.5 Å². The molecule has 1 atom stereocenters. The molecule has 2 aromatic heterocycles. The van der Waals surface area contributed by atoms with Gasteiger partial charge in [0.1, 0.15) is 17.3 Å². The minimum Gasteiger partial charge on any atom is -0.465 e. The lowest BCUT2D eigenvalue weighted by molar-refractivity contribution is 0.213. The zero-order chi connectivity index (χ0) is 20.1. The summed E-state index contributed by atoms with van der Waals surface area (Å²) in [5.41, 5.74) is -0.0463. The van der Waals surface area contributed by atoms with Crippen molar-refractivity contribution >= 4 is 5.96 Å². The third kappa shape index (κ3) is 5.16. The molecule has 154 valence electrons. The van der Waals surface area contributed by atoms with E-state index in [0.29, 0.717) is 12.4 Å². The number of nitrogens with zero attached hydrogens (tertiary/aromatic N) is 3. The van der Waals surface area contributed by atoms with Gasteiger partial charge in [0.15, 0.2) is 5.96 Å². The topological polar surface area (TPSA) is 78.8 Å². The summed E-state index contributed by atoms with van der Waals surface area (Å²) in [6.45, 7) is 11.7. The minimum atomic E-state index is -0.0463. The number of aromatic nitrogens is 1. The highest BCUT2D eigenvalue weighted by Crippen LogP contribution is 2.26. The second-order valence-corrected chi connectivity index (χ2v) is 8.38. The van der Waals surface area contributed by atoms with Crippen LogP contribution in [-0.2, 0) is 12.0 Å². The molecule has 1 unspecified atom stereocenters. The molecular weight excluding hydrogens is 354 g/mol. The first kappa shape index (κ1) is 20.5. The highest BCUT2D eigenvalue weighted by molar-refractivity contribution is 5.79. The van der Waals surface area contributed by atoms with Crippen molar-refractivity contribution in [1.29, 1.82) is 0 Å². The molecule has 3 heterocycles. The molecule has 2 N–H and O–H groups in total. The number of oxazole rings is 1. The molecule has 0 radical (unpaired) electrons. The first-order chi connectivity index (χ1) is 13.4. The SMILES string of the molecule is CN=C(NCc1ncc(C(C)(C)C)o1)NCC(c1ccc(C)o1)N1CCCC1. The summed E-state index contributed by atoms with van der Waals surface area (Å²) in [7, 11) is 1.77. The number of rotatable bonds is 6. The first-order valence-corrected chi connectivity index (χ1v) is 10.1. The largest absolute Gasteiger partial charge is 0.465 e. The number of nitrogens with one attached hydrogen (secondary N) is 2. The van der Waals surface area contributed by atoms with E-state index in [0.717, 1.165) is 42.9 Å². The maximum Gasteiger partial charge on any atom is 0.213 e. The van der Waals surface area contributed by atoms with Crippen LogP contribution in [0.4, 0.5) is 0 Å². The van der Waals surface area contributed by atoms with Gasteiger partial charge in [0.2, 0.25) is 5.89 Å². The van der Waals surface area contributed by atoms with Crippen LogP contribution in [-0.4, -0.2) is 42.5 Å². The summed E-state index contributed by atoms with van der Waals surface area (Å²) < 4.78 is 11.8. The number of aliphatic imine (C=N–C) groups is 1. The lowest BCUT2D eigenvalue weighted by atomic mass is 9.94. The van der Waals surface area contributed by atoms with Crippen LogP contribution < -0.4 is 10.6 Å². The molecule has 0 aliphatic carbocycles. The zero-order valence-corrected chi connectivity index (χ0v) is 17.7. The van der Waals surface area contributed by atoms with E-state index in [1.165, 1.54) is 12.8 Å². The maximum absolute atomic E-state index is 5.92. The van der Waals surface area contributed by atoms with E-state index in [2.05, 4.69) is 52.3 Å². The number of furan rings is 1. The molecule has 0 aromatic carbocycles. The smallest absolute Gasteiger partial charge is 0.213 e. The lowest BCUT2D eigenvalue weighted by Crippen LogP contribution is -2.42. The third-order valence-electron chi connectivity index (χ3n) is 5.06. The van der Waals surface area contributed by atoms with Crippen molar-refractivity contribution in [2.75, 3.05) is 26.7 Å². The van der Waals surface area contributed by atoms with E-state index in [1.54, 1.807) is 13.2 Å². The van der Waals surface area contributed by atoms with Gasteiger partial charge in [-0.2, -0.15) is 0 Å². The number of guanidine groups is 1. The average molecular weight is 388 g/mol. The Morgan fingerprint density at radius 2 is 1.96 bits per heavy atom. The Morgan fingerprint density at radius 1 is 1.21 bits per heavy atom. The molecule has 1 aliphatic rings. The molecule has 0 saturated carbocycles.